The summed E-state index contributed by atoms with van der Waals surface area (Å²) in [6.45, 7) is 0. The molecule has 6 heteroatoms. The second-order valence-corrected chi connectivity index (χ2v) is 6.51. The zero-order valence-electron chi connectivity index (χ0n) is 12.3. The van der Waals surface area contributed by atoms with Gasteiger partial charge in [0.05, 0.1) is 10.6 Å². The molecule has 0 saturated carbocycles. The molecule has 21 heavy (non-hydrogen) atoms. The average molecular weight is 305 g/mol. The molecule has 0 aliphatic carbocycles. The number of rotatable bonds is 5. The summed E-state index contributed by atoms with van der Waals surface area (Å²) in [5.74, 6) is 0. The van der Waals surface area contributed by atoms with Gasteiger partial charge >= 0.3 is 0 Å². The van der Waals surface area contributed by atoms with Crippen molar-refractivity contribution in [2.24, 2.45) is 0 Å². The third kappa shape index (κ3) is 3.66. The molecule has 2 rings (SSSR count). The molecule has 0 amide bonds. The fourth-order valence-corrected chi connectivity index (χ4v) is 2.91. The largest absolute Gasteiger partial charge is 0.388 e. The molecule has 5 nitrogen and oxygen atoms in total. The van der Waals surface area contributed by atoms with E-state index >= 15 is 0 Å². The van der Waals surface area contributed by atoms with Crippen molar-refractivity contribution in [3.8, 4) is 0 Å². The van der Waals surface area contributed by atoms with Gasteiger partial charge < -0.3 is 10.2 Å². The highest BCUT2D eigenvalue weighted by atomic mass is 32.2. The molecule has 0 aromatic heterocycles. The first kappa shape index (κ1) is 15.2. The number of nitrogens with one attached hydrogen (secondary N) is 2. The second-order valence-electron chi connectivity index (χ2n) is 4.82. The summed E-state index contributed by atoms with van der Waals surface area (Å²) in [6, 6.07) is 13.9. The van der Waals surface area contributed by atoms with Gasteiger partial charge in [-0.25, -0.2) is 8.42 Å². The Hall–Kier alpha value is -2.21. The molecule has 2 aromatic rings. The normalized spacial score (nSPS) is 11.0. The SMILES string of the molecule is CNc1ccc(S(=O)(=O)Nc2cccc(N(C)C)c2)cc1. The molecule has 2 N–H and O–H groups in total. The number of hydrogen-bond donors (Lipinski definition) is 2. The van der Waals surface area contributed by atoms with Crippen molar-refractivity contribution in [1.82, 2.24) is 0 Å². The van der Waals surface area contributed by atoms with Crippen LogP contribution < -0.4 is 14.9 Å². The zero-order valence-corrected chi connectivity index (χ0v) is 13.1. The quantitative estimate of drug-likeness (QED) is 0.891. The molecule has 2 aromatic carbocycles. The van der Waals surface area contributed by atoms with E-state index in [0.29, 0.717) is 5.69 Å². The predicted octanol–water partition coefficient (Wildman–Crippen LogP) is 2.60. The van der Waals surface area contributed by atoms with E-state index in [1.165, 1.54) is 0 Å². The molecule has 0 bridgehead atoms. The van der Waals surface area contributed by atoms with Crippen LogP contribution >= 0.6 is 0 Å². The second kappa shape index (κ2) is 6.05. The lowest BCUT2D eigenvalue weighted by Gasteiger charge is -2.14. The van der Waals surface area contributed by atoms with Crippen molar-refractivity contribution >= 4 is 27.1 Å². The number of benzene rings is 2. The number of sulfonamides is 1. The van der Waals surface area contributed by atoms with Gasteiger partial charge in [-0.3, -0.25) is 4.72 Å². The van der Waals surface area contributed by atoms with Crippen LogP contribution in [0.25, 0.3) is 0 Å². The average Bonchev–Trinajstić information content (AvgIpc) is 2.47. The third-order valence-corrected chi connectivity index (χ3v) is 4.47. The fourth-order valence-electron chi connectivity index (χ4n) is 1.86. The predicted molar refractivity (Wildman–Crippen MR) is 87.6 cm³/mol. The van der Waals surface area contributed by atoms with Crippen LogP contribution in [0, 0.1) is 0 Å². The summed E-state index contributed by atoms with van der Waals surface area (Å²) in [5, 5.41) is 2.95. The van der Waals surface area contributed by atoms with Crippen LogP contribution in [0.5, 0.6) is 0 Å². The van der Waals surface area contributed by atoms with Gasteiger partial charge in [-0.2, -0.15) is 0 Å². The lowest BCUT2D eigenvalue weighted by Crippen LogP contribution is -2.14. The molecule has 0 fully saturated rings. The Balaban J connectivity index is 2.26. The molecule has 0 saturated heterocycles. The summed E-state index contributed by atoms with van der Waals surface area (Å²) in [6.07, 6.45) is 0. The Morgan fingerprint density at radius 2 is 1.62 bits per heavy atom. The minimum Gasteiger partial charge on any atom is -0.388 e. The van der Waals surface area contributed by atoms with Gasteiger partial charge in [-0.05, 0) is 42.5 Å². The summed E-state index contributed by atoms with van der Waals surface area (Å²) in [5.41, 5.74) is 2.34. The van der Waals surface area contributed by atoms with E-state index in [9.17, 15) is 8.42 Å². The lowest BCUT2D eigenvalue weighted by molar-refractivity contribution is 0.601. The van der Waals surface area contributed by atoms with Gasteiger partial charge in [-0.1, -0.05) is 6.07 Å². The number of hydrogen-bond acceptors (Lipinski definition) is 4. The molecular weight excluding hydrogens is 286 g/mol. The smallest absolute Gasteiger partial charge is 0.261 e. The molecule has 0 heterocycles. The Labute approximate surface area is 125 Å². The van der Waals surface area contributed by atoms with Crippen LogP contribution in [0.2, 0.25) is 0 Å². The van der Waals surface area contributed by atoms with Gasteiger partial charge in [0.2, 0.25) is 0 Å². The first-order valence-electron chi connectivity index (χ1n) is 6.50. The molecule has 0 aliphatic heterocycles. The zero-order chi connectivity index (χ0) is 15.5. The maximum atomic E-state index is 12.3. The van der Waals surface area contributed by atoms with E-state index in [1.54, 1.807) is 43.4 Å². The Bertz CT molecular complexity index is 710. The Morgan fingerprint density at radius 1 is 0.952 bits per heavy atom. The van der Waals surface area contributed by atoms with Crippen LogP contribution in [-0.2, 0) is 10.0 Å². The van der Waals surface area contributed by atoms with Crippen LogP contribution in [0.3, 0.4) is 0 Å². The van der Waals surface area contributed by atoms with Gasteiger partial charge in [0, 0.05) is 32.5 Å². The molecular formula is C15H19N3O2S. The van der Waals surface area contributed by atoms with E-state index in [-0.39, 0.29) is 4.90 Å². The van der Waals surface area contributed by atoms with E-state index in [2.05, 4.69) is 10.0 Å². The summed E-state index contributed by atoms with van der Waals surface area (Å²) < 4.78 is 27.3. The van der Waals surface area contributed by atoms with Crippen LogP contribution in [0.1, 0.15) is 0 Å². The first-order valence-corrected chi connectivity index (χ1v) is 7.99. The number of nitrogens with zero attached hydrogens (tertiary/aromatic N) is 1. The summed E-state index contributed by atoms with van der Waals surface area (Å²) in [4.78, 5) is 2.15. The highest BCUT2D eigenvalue weighted by molar-refractivity contribution is 7.92. The van der Waals surface area contributed by atoms with Gasteiger partial charge in [0.25, 0.3) is 10.0 Å². The monoisotopic (exact) mass is 305 g/mol. The van der Waals surface area contributed by atoms with Crippen LogP contribution in [0.4, 0.5) is 17.1 Å². The molecule has 112 valence electrons. The van der Waals surface area contributed by atoms with Crippen LogP contribution in [0.15, 0.2) is 53.4 Å². The molecule has 0 atom stereocenters. The van der Waals surface area contributed by atoms with Crippen LogP contribution in [-0.4, -0.2) is 29.6 Å². The molecule has 0 radical (unpaired) electrons. The van der Waals surface area contributed by atoms with E-state index in [0.717, 1.165) is 11.4 Å². The minimum absolute atomic E-state index is 0.233. The standard InChI is InChI=1S/C15H19N3O2S/c1-16-12-7-9-15(10-8-12)21(19,20)17-13-5-4-6-14(11-13)18(2)3/h4-11,16-17H,1-3H3. The first-order chi connectivity index (χ1) is 9.92. The highest BCUT2D eigenvalue weighted by Crippen LogP contribution is 2.21. The van der Waals surface area contributed by atoms with E-state index < -0.39 is 10.0 Å². The summed E-state index contributed by atoms with van der Waals surface area (Å²) in [7, 11) is 2.02. The lowest BCUT2D eigenvalue weighted by atomic mass is 10.3. The Morgan fingerprint density at radius 3 is 2.19 bits per heavy atom. The van der Waals surface area contributed by atoms with Crippen molar-refractivity contribution in [3.63, 3.8) is 0 Å². The molecule has 0 unspecified atom stereocenters. The van der Waals surface area contributed by atoms with E-state index in [1.807, 2.05) is 31.1 Å². The maximum Gasteiger partial charge on any atom is 0.261 e. The topological polar surface area (TPSA) is 61.4 Å². The van der Waals surface area contributed by atoms with Crippen molar-refractivity contribution in [2.45, 2.75) is 4.90 Å². The minimum atomic E-state index is -3.58. The van der Waals surface area contributed by atoms with E-state index in [4.69, 9.17) is 0 Å². The maximum absolute atomic E-state index is 12.3. The fraction of sp³-hybridized carbons (Fsp3) is 0.200. The third-order valence-electron chi connectivity index (χ3n) is 3.07. The van der Waals surface area contributed by atoms with Gasteiger partial charge in [0.15, 0.2) is 0 Å². The van der Waals surface area contributed by atoms with Crippen molar-refractivity contribution in [1.29, 1.82) is 0 Å². The van der Waals surface area contributed by atoms with Crippen molar-refractivity contribution in [2.75, 3.05) is 36.1 Å². The van der Waals surface area contributed by atoms with Crippen molar-refractivity contribution < 1.29 is 8.42 Å². The van der Waals surface area contributed by atoms with Gasteiger partial charge in [0.1, 0.15) is 0 Å². The Kier molecular flexibility index (Phi) is 4.37. The summed E-state index contributed by atoms with van der Waals surface area (Å²) >= 11 is 0. The molecule has 0 spiro atoms. The number of anilines is 3. The van der Waals surface area contributed by atoms with Gasteiger partial charge in [-0.15, -0.1) is 0 Å². The van der Waals surface area contributed by atoms with Crippen molar-refractivity contribution in [3.05, 3.63) is 48.5 Å². The molecule has 0 aliphatic rings. The highest BCUT2D eigenvalue weighted by Gasteiger charge is 2.14.